The summed E-state index contributed by atoms with van der Waals surface area (Å²) >= 11 is 5.79. The molecule has 0 heterocycles. The van der Waals surface area contributed by atoms with Gasteiger partial charge in [0, 0.05) is 12.6 Å². The molecule has 104 valence electrons. The summed E-state index contributed by atoms with van der Waals surface area (Å²) in [7, 11) is 0. The number of hydrogen-bond donors (Lipinski definition) is 2. The summed E-state index contributed by atoms with van der Waals surface area (Å²) in [6, 6.07) is 4.02. The van der Waals surface area contributed by atoms with Crippen LogP contribution in [0.2, 0.25) is 5.02 Å². The standard InChI is InChI=1S/C11H13ClN2O5/c12-10-8(2-1-3-9(10)14(17)18)11(16)13-4-6-19-7-5-15/h1-3,15H,4-7H2,(H,13,16). The number of nitro benzene ring substituents is 1. The van der Waals surface area contributed by atoms with Crippen molar-refractivity contribution in [2.24, 2.45) is 0 Å². The first-order valence-corrected chi connectivity index (χ1v) is 5.85. The largest absolute Gasteiger partial charge is 0.394 e. The number of carbonyl (C=O) groups is 1. The Balaban J connectivity index is 2.62. The SMILES string of the molecule is O=C(NCCOCCO)c1cccc([N+](=O)[O-])c1Cl. The fourth-order valence-corrected chi connectivity index (χ4v) is 1.62. The van der Waals surface area contributed by atoms with Gasteiger partial charge in [-0.15, -0.1) is 0 Å². The van der Waals surface area contributed by atoms with E-state index in [0.29, 0.717) is 0 Å². The molecule has 0 atom stereocenters. The lowest BCUT2D eigenvalue weighted by Gasteiger charge is -2.07. The molecule has 0 radical (unpaired) electrons. The van der Waals surface area contributed by atoms with Crippen LogP contribution in [0.1, 0.15) is 10.4 Å². The van der Waals surface area contributed by atoms with Gasteiger partial charge in [-0.3, -0.25) is 14.9 Å². The van der Waals surface area contributed by atoms with E-state index >= 15 is 0 Å². The molecule has 0 aliphatic carbocycles. The van der Waals surface area contributed by atoms with Crippen LogP contribution in [0.15, 0.2) is 18.2 Å². The number of ether oxygens (including phenoxy) is 1. The van der Waals surface area contributed by atoms with Crippen LogP contribution in [0.25, 0.3) is 0 Å². The lowest BCUT2D eigenvalue weighted by molar-refractivity contribution is -0.384. The van der Waals surface area contributed by atoms with Gasteiger partial charge in [0.15, 0.2) is 0 Å². The van der Waals surface area contributed by atoms with Crippen LogP contribution in [0.4, 0.5) is 5.69 Å². The lowest BCUT2D eigenvalue weighted by Crippen LogP contribution is -2.27. The van der Waals surface area contributed by atoms with E-state index in [9.17, 15) is 14.9 Å². The smallest absolute Gasteiger partial charge is 0.288 e. The van der Waals surface area contributed by atoms with Crippen LogP contribution in [0.5, 0.6) is 0 Å². The topological polar surface area (TPSA) is 102 Å². The highest BCUT2D eigenvalue weighted by atomic mass is 35.5. The number of rotatable bonds is 7. The number of nitrogens with one attached hydrogen (secondary N) is 1. The summed E-state index contributed by atoms with van der Waals surface area (Å²) < 4.78 is 4.96. The first-order valence-electron chi connectivity index (χ1n) is 5.47. The number of halogens is 1. The van der Waals surface area contributed by atoms with Crippen molar-refractivity contribution in [3.8, 4) is 0 Å². The number of hydrogen-bond acceptors (Lipinski definition) is 5. The van der Waals surface area contributed by atoms with E-state index < -0.39 is 10.8 Å². The summed E-state index contributed by atoms with van der Waals surface area (Å²) in [6.45, 7) is 0.550. The summed E-state index contributed by atoms with van der Waals surface area (Å²) in [5, 5.41) is 21.5. The molecule has 1 aromatic carbocycles. The second-order valence-electron chi connectivity index (χ2n) is 3.49. The highest BCUT2D eigenvalue weighted by molar-refractivity contribution is 6.35. The molecule has 0 fully saturated rings. The van der Waals surface area contributed by atoms with E-state index in [1.54, 1.807) is 0 Å². The highest BCUT2D eigenvalue weighted by Gasteiger charge is 2.19. The second kappa shape index (κ2) is 7.67. The van der Waals surface area contributed by atoms with Gasteiger partial charge >= 0.3 is 0 Å². The van der Waals surface area contributed by atoms with E-state index in [0.717, 1.165) is 0 Å². The molecule has 19 heavy (non-hydrogen) atoms. The van der Waals surface area contributed by atoms with Gasteiger partial charge in [0.05, 0.1) is 30.3 Å². The number of carbonyl (C=O) groups excluding carboxylic acids is 1. The minimum absolute atomic E-state index is 0.0398. The molecule has 0 saturated heterocycles. The molecule has 0 saturated carbocycles. The van der Waals surface area contributed by atoms with Crippen molar-refractivity contribution in [3.05, 3.63) is 38.9 Å². The van der Waals surface area contributed by atoms with Gasteiger partial charge in [0.25, 0.3) is 11.6 Å². The van der Waals surface area contributed by atoms with Crippen LogP contribution in [0, 0.1) is 10.1 Å². The van der Waals surface area contributed by atoms with Crippen molar-refractivity contribution in [1.82, 2.24) is 5.32 Å². The Morgan fingerprint density at radius 1 is 1.47 bits per heavy atom. The summed E-state index contributed by atoms with van der Waals surface area (Å²) in [5.41, 5.74) is -0.274. The Bertz CT molecular complexity index is 466. The second-order valence-corrected chi connectivity index (χ2v) is 3.87. The Hall–Kier alpha value is -1.70. The monoisotopic (exact) mass is 288 g/mol. The molecule has 1 aromatic rings. The van der Waals surface area contributed by atoms with Gasteiger partial charge in [-0.1, -0.05) is 17.7 Å². The summed E-state index contributed by atoms with van der Waals surface area (Å²) in [4.78, 5) is 21.8. The fraction of sp³-hybridized carbons (Fsp3) is 0.364. The molecule has 0 spiro atoms. The molecule has 0 bridgehead atoms. The zero-order valence-electron chi connectivity index (χ0n) is 9.97. The minimum Gasteiger partial charge on any atom is -0.394 e. The van der Waals surface area contributed by atoms with E-state index in [4.69, 9.17) is 21.4 Å². The Morgan fingerprint density at radius 2 is 2.21 bits per heavy atom. The molecule has 2 N–H and O–H groups in total. The van der Waals surface area contributed by atoms with Crippen LogP contribution in [-0.2, 0) is 4.74 Å². The zero-order chi connectivity index (χ0) is 14.3. The van der Waals surface area contributed by atoms with E-state index in [1.165, 1.54) is 18.2 Å². The Morgan fingerprint density at radius 3 is 2.84 bits per heavy atom. The maximum absolute atomic E-state index is 11.7. The predicted molar refractivity (Wildman–Crippen MR) is 68.3 cm³/mol. The van der Waals surface area contributed by atoms with Crippen LogP contribution >= 0.6 is 11.6 Å². The average molecular weight is 289 g/mol. The molecule has 7 nitrogen and oxygen atoms in total. The molecule has 8 heteroatoms. The molecule has 1 rings (SSSR count). The van der Waals surface area contributed by atoms with Gasteiger partial charge in [0.1, 0.15) is 5.02 Å². The predicted octanol–water partition coefficient (Wildman–Crippen LogP) is 0.987. The number of amides is 1. The van der Waals surface area contributed by atoms with Crippen LogP contribution in [0.3, 0.4) is 0 Å². The normalized spacial score (nSPS) is 10.2. The lowest BCUT2D eigenvalue weighted by atomic mass is 10.2. The van der Waals surface area contributed by atoms with Crippen molar-refractivity contribution in [1.29, 1.82) is 0 Å². The van der Waals surface area contributed by atoms with Crippen LogP contribution in [-0.4, -0.2) is 42.3 Å². The molecule has 1 amide bonds. The van der Waals surface area contributed by atoms with Crippen LogP contribution < -0.4 is 5.32 Å². The number of aliphatic hydroxyl groups is 1. The third-order valence-corrected chi connectivity index (χ3v) is 2.58. The quantitative estimate of drug-likeness (QED) is 0.442. The number of nitro groups is 1. The first-order chi connectivity index (χ1) is 9.07. The summed E-state index contributed by atoms with van der Waals surface area (Å²) in [6.07, 6.45) is 0. The van der Waals surface area contributed by atoms with Crippen molar-refractivity contribution < 1.29 is 19.6 Å². The van der Waals surface area contributed by atoms with Gasteiger partial charge in [-0.25, -0.2) is 0 Å². The van der Waals surface area contributed by atoms with E-state index in [-0.39, 0.29) is 42.6 Å². The van der Waals surface area contributed by atoms with Crippen molar-refractivity contribution >= 4 is 23.2 Å². The van der Waals surface area contributed by atoms with E-state index in [2.05, 4.69) is 5.32 Å². The van der Waals surface area contributed by atoms with Gasteiger partial charge in [-0.2, -0.15) is 0 Å². The molecule has 0 aromatic heterocycles. The van der Waals surface area contributed by atoms with Crippen molar-refractivity contribution in [3.63, 3.8) is 0 Å². The maximum atomic E-state index is 11.7. The number of benzene rings is 1. The molecule has 0 aliphatic heterocycles. The van der Waals surface area contributed by atoms with Gasteiger partial charge in [0.2, 0.25) is 0 Å². The van der Waals surface area contributed by atoms with Crippen molar-refractivity contribution in [2.45, 2.75) is 0 Å². The Labute approximate surface area is 114 Å². The molecule has 0 aliphatic rings. The average Bonchev–Trinajstić information content (AvgIpc) is 2.38. The maximum Gasteiger partial charge on any atom is 0.288 e. The minimum atomic E-state index is -0.649. The zero-order valence-corrected chi connectivity index (χ0v) is 10.7. The van der Waals surface area contributed by atoms with Crippen molar-refractivity contribution in [2.75, 3.05) is 26.4 Å². The first kappa shape index (κ1) is 15.4. The van der Waals surface area contributed by atoms with Gasteiger partial charge in [-0.05, 0) is 6.07 Å². The molecule has 0 unspecified atom stereocenters. The summed E-state index contributed by atoms with van der Waals surface area (Å²) in [5.74, 6) is -0.513. The van der Waals surface area contributed by atoms with E-state index in [1.807, 2.05) is 0 Å². The third kappa shape index (κ3) is 4.47. The molecular weight excluding hydrogens is 276 g/mol. The Kier molecular flexibility index (Phi) is 6.20. The number of nitrogens with zero attached hydrogens (tertiary/aromatic N) is 1. The highest BCUT2D eigenvalue weighted by Crippen LogP contribution is 2.27. The number of aliphatic hydroxyl groups excluding tert-OH is 1. The fourth-order valence-electron chi connectivity index (χ4n) is 1.33. The molecular formula is C11H13ClN2O5. The third-order valence-electron chi connectivity index (χ3n) is 2.19. The van der Waals surface area contributed by atoms with Gasteiger partial charge < -0.3 is 15.2 Å².